The highest BCUT2D eigenvalue weighted by molar-refractivity contribution is 6.07. The molecule has 0 saturated carbocycles. The molecule has 0 aliphatic carbocycles. The summed E-state index contributed by atoms with van der Waals surface area (Å²) < 4.78 is 4.75. The van der Waals surface area contributed by atoms with Crippen LogP contribution >= 0.6 is 0 Å². The Balaban J connectivity index is 1.68. The molecular formula is C32H27N2+. The molecule has 6 aromatic rings. The minimum atomic E-state index is 1.17. The van der Waals surface area contributed by atoms with Crippen molar-refractivity contribution >= 4 is 21.9 Å². The molecule has 0 radical (unpaired) electrons. The van der Waals surface area contributed by atoms with E-state index in [-0.39, 0.29) is 0 Å². The fourth-order valence-corrected chi connectivity index (χ4v) is 5.17. The van der Waals surface area contributed by atoms with E-state index in [1.165, 1.54) is 61.1 Å². The average Bonchev–Trinajstić information content (AvgIpc) is 3.22. The van der Waals surface area contributed by atoms with Crippen LogP contribution in [0.4, 0.5) is 0 Å². The van der Waals surface area contributed by atoms with Gasteiger partial charge in [0, 0.05) is 10.9 Å². The van der Waals surface area contributed by atoms with Crippen LogP contribution in [-0.2, 0) is 7.05 Å². The first-order valence-electron chi connectivity index (χ1n) is 11.8. The second kappa shape index (κ2) is 8.00. The van der Waals surface area contributed by atoms with Gasteiger partial charge in [-0.25, -0.2) is 4.57 Å². The van der Waals surface area contributed by atoms with E-state index in [1.807, 2.05) is 0 Å². The molecule has 0 spiro atoms. The van der Waals surface area contributed by atoms with Crippen molar-refractivity contribution in [3.05, 3.63) is 120 Å². The number of rotatable bonds is 3. The smallest absolute Gasteiger partial charge is 0.229 e. The van der Waals surface area contributed by atoms with E-state index in [4.69, 9.17) is 0 Å². The number of aromatic nitrogens is 2. The summed E-state index contributed by atoms with van der Waals surface area (Å²) >= 11 is 0. The van der Waals surface area contributed by atoms with E-state index in [1.54, 1.807) is 0 Å². The summed E-state index contributed by atoms with van der Waals surface area (Å²) in [7, 11) is 2.19. The predicted octanol–water partition coefficient (Wildman–Crippen LogP) is 7.56. The van der Waals surface area contributed by atoms with E-state index in [0.29, 0.717) is 0 Å². The summed E-state index contributed by atoms with van der Waals surface area (Å²) in [6.45, 7) is 4.45. The fraction of sp³-hybridized carbons (Fsp3) is 0.0938. The first-order valence-corrected chi connectivity index (χ1v) is 11.8. The SMILES string of the molecule is Cc1cc(-c2ccccc2)cc(-c2ccc3c4ccccc4n(-c4ccccc4)c3[n+]2C)c1C. The van der Waals surface area contributed by atoms with Gasteiger partial charge in [-0.05, 0) is 78.6 Å². The second-order valence-corrected chi connectivity index (χ2v) is 9.03. The van der Waals surface area contributed by atoms with Crippen molar-refractivity contribution in [3.8, 4) is 28.1 Å². The summed E-state index contributed by atoms with van der Waals surface area (Å²) in [5.41, 5.74) is 11.2. The third-order valence-corrected chi connectivity index (χ3v) is 7.04. The summed E-state index contributed by atoms with van der Waals surface area (Å²) in [6, 6.07) is 39.2. The number of hydrogen-bond acceptors (Lipinski definition) is 0. The molecule has 0 N–H and O–H groups in total. The van der Waals surface area contributed by atoms with E-state index < -0.39 is 0 Å². The van der Waals surface area contributed by atoms with Crippen LogP contribution in [0, 0.1) is 13.8 Å². The quantitative estimate of drug-likeness (QED) is 0.252. The Bertz CT molecular complexity index is 1660. The molecule has 2 heterocycles. The molecule has 0 bridgehead atoms. The molecule has 0 aliphatic rings. The van der Waals surface area contributed by atoms with Gasteiger partial charge in [0.1, 0.15) is 16.9 Å². The zero-order valence-corrected chi connectivity index (χ0v) is 19.8. The van der Waals surface area contributed by atoms with Gasteiger partial charge < -0.3 is 0 Å². The van der Waals surface area contributed by atoms with E-state index in [2.05, 4.69) is 139 Å². The van der Waals surface area contributed by atoms with Gasteiger partial charge in [0.25, 0.3) is 5.65 Å². The van der Waals surface area contributed by atoms with Crippen LogP contribution < -0.4 is 4.57 Å². The largest absolute Gasteiger partial charge is 0.295 e. The Kier molecular flexibility index (Phi) is 4.81. The number of fused-ring (bicyclic) bond motifs is 3. The first kappa shape index (κ1) is 20.4. The van der Waals surface area contributed by atoms with Crippen LogP contribution in [0.5, 0.6) is 0 Å². The Morgan fingerprint density at radius 1 is 0.618 bits per heavy atom. The van der Waals surface area contributed by atoms with Crippen molar-refractivity contribution in [2.45, 2.75) is 13.8 Å². The highest BCUT2D eigenvalue weighted by Gasteiger charge is 2.24. The molecule has 0 atom stereocenters. The molecule has 2 heteroatoms. The van der Waals surface area contributed by atoms with Crippen LogP contribution in [-0.4, -0.2) is 4.57 Å². The van der Waals surface area contributed by atoms with Gasteiger partial charge in [0.2, 0.25) is 0 Å². The van der Waals surface area contributed by atoms with E-state index >= 15 is 0 Å². The minimum Gasteiger partial charge on any atom is -0.229 e. The molecule has 2 nitrogen and oxygen atoms in total. The maximum atomic E-state index is 2.39. The third kappa shape index (κ3) is 3.14. The number of para-hydroxylation sites is 2. The van der Waals surface area contributed by atoms with Crippen LogP contribution in [0.15, 0.2) is 109 Å². The summed E-state index contributed by atoms with van der Waals surface area (Å²) in [5, 5.41) is 2.54. The topological polar surface area (TPSA) is 8.81 Å². The van der Waals surface area contributed by atoms with Gasteiger partial charge in [-0.2, -0.15) is 4.57 Å². The van der Waals surface area contributed by atoms with Gasteiger partial charge in [0.15, 0.2) is 0 Å². The molecule has 0 fully saturated rings. The van der Waals surface area contributed by atoms with Crippen LogP contribution in [0.3, 0.4) is 0 Å². The standard InChI is InChI=1S/C32H27N2/c1-22-20-25(24-12-6-4-7-13-24)21-29(23(22)2)30-19-18-28-27-16-10-11-17-31(27)34(32(28)33(30)3)26-14-8-5-9-15-26/h4-21H,1-3H3/q+1. The Morgan fingerprint density at radius 3 is 2.06 bits per heavy atom. The molecular weight excluding hydrogens is 412 g/mol. The fourth-order valence-electron chi connectivity index (χ4n) is 5.17. The normalized spacial score (nSPS) is 11.4. The first-order chi connectivity index (χ1) is 16.6. The van der Waals surface area contributed by atoms with Gasteiger partial charge in [0.05, 0.1) is 12.4 Å². The number of aryl methyl sites for hydroxylation is 2. The zero-order valence-electron chi connectivity index (χ0n) is 19.8. The molecule has 0 amide bonds. The summed E-state index contributed by atoms with van der Waals surface area (Å²) in [4.78, 5) is 0. The van der Waals surface area contributed by atoms with Crippen LogP contribution in [0.2, 0.25) is 0 Å². The van der Waals surface area contributed by atoms with Crippen molar-refractivity contribution in [2.24, 2.45) is 7.05 Å². The lowest BCUT2D eigenvalue weighted by Crippen LogP contribution is -2.34. The zero-order chi connectivity index (χ0) is 23.2. The Morgan fingerprint density at radius 2 is 1.29 bits per heavy atom. The van der Waals surface area contributed by atoms with Gasteiger partial charge in [-0.3, -0.25) is 0 Å². The number of benzene rings is 4. The third-order valence-electron chi connectivity index (χ3n) is 7.04. The van der Waals surface area contributed by atoms with Crippen molar-refractivity contribution in [3.63, 3.8) is 0 Å². The highest BCUT2D eigenvalue weighted by Crippen LogP contribution is 2.34. The summed E-state index contributed by atoms with van der Waals surface area (Å²) in [6.07, 6.45) is 0. The number of nitrogens with zero attached hydrogens (tertiary/aromatic N) is 2. The number of hydrogen-bond donors (Lipinski definition) is 0. The van der Waals surface area contributed by atoms with E-state index in [9.17, 15) is 0 Å². The summed E-state index contributed by atoms with van der Waals surface area (Å²) in [5.74, 6) is 0. The van der Waals surface area contributed by atoms with Gasteiger partial charge in [-0.15, -0.1) is 0 Å². The predicted molar refractivity (Wildman–Crippen MR) is 142 cm³/mol. The molecule has 0 saturated heterocycles. The molecule has 164 valence electrons. The lowest BCUT2D eigenvalue weighted by atomic mass is 9.93. The van der Waals surface area contributed by atoms with Crippen LogP contribution in [0.1, 0.15) is 11.1 Å². The van der Waals surface area contributed by atoms with Crippen molar-refractivity contribution in [1.29, 1.82) is 0 Å². The lowest BCUT2D eigenvalue weighted by molar-refractivity contribution is -0.636. The Labute approximate surface area is 200 Å². The maximum Gasteiger partial charge on any atom is 0.295 e. The average molecular weight is 440 g/mol. The Hall–Kier alpha value is -4.17. The molecule has 2 aromatic heterocycles. The molecule has 4 aromatic carbocycles. The number of pyridine rings is 1. The van der Waals surface area contributed by atoms with Gasteiger partial charge >= 0.3 is 0 Å². The monoisotopic (exact) mass is 439 g/mol. The minimum absolute atomic E-state index is 1.17. The van der Waals surface area contributed by atoms with Crippen molar-refractivity contribution in [1.82, 2.24) is 4.57 Å². The van der Waals surface area contributed by atoms with Crippen molar-refractivity contribution < 1.29 is 4.57 Å². The molecule has 0 unspecified atom stereocenters. The van der Waals surface area contributed by atoms with Gasteiger partial charge in [-0.1, -0.05) is 66.7 Å². The highest BCUT2D eigenvalue weighted by atomic mass is 15.1. The molecule has 34 heavy (non-hydrogen) atoms. The lowest BCUT2D eigenvalue weighted by Gasteiger charge is -2.14. The van der Waals surface area contributed by atoms with E-state index in [0.717, 1.165) is 0 Å². The van der Waals surface area contributed by atoms with Crippen LogP contribution in [0.25, 0.3) is 50.0 Å². The molecule has 0 aliphatic heterocycles. The maximum absolute atomic E-state index is 2.39. The second-order valence-electron chi connectivity index (χ2n) is 9.03. The van der Waals surface area contributed by atoms with Crippen molar-refractivity contribution in [2.75, 3.05) is 0 Å². The molecule has 6 rings (SSSR count).